The van der Waals surface area contributed by atoms with Crippen LogP contribution in [0, 0.1) is 0 Å². The standard InChI is InChI=1S/C13H16N2O2/c1-9-13(17)15(2)11(12(16)14-9)8-10-6-4-3-5-7-10/h3-7,9,11H,8H2,1-2H3,(H,14,16). The first-order valence-corrected chi connectivity index (χ1v) is 5.70. The maximum Gasteiger partial charge on any atom is 0.245 e. The largest absolute Gasteiger partial charge is 0.343 e. The van der Waals surface area contributed by atoms with Gasteiger partial charge in [0.2, 0.25) is 11.8 Å². The number of amides is 2. The first kappa shape index (κ1) is 11.6. The monoisotopic (exact) mass is 232 g/mol. The highest BCUT2D eigenvalue weighted by atomic mass is 16.2. The van der Waals surface area contributed by atoms with Crippen LogP contribution in [0.3, 0.4) is 0 Å². The van der Waals surface area contributed by atoms with Gasteiger partial charge in [0.05, 0.1) is 0 Å². The van der Waals surface area contributed by atoms with Gasteiger partial charge in [0.15, 0.2) is 0 Å². The fraction of sp³-hybridized carbons (Fsp3) is 0.385. The summed E-state index contributed by atoms with van der Waals surface area (Å²) in [6.07, 6.45) is 0.557. The lowest BCUT2D eigenvalue weighted by Gasteiger charge is -2.35. The molecule has 0 aliphatic carbocycles. The maximum atomic E-state index is 11.9. The predicted octanol–water partition coefficient (Wildman–Crippen LogP) is 0.574. The molecule has 2 amide bonds. The Balaban J connectivity index is 2.15. The average molecular weight is 232 g/mol. The Labute approximate surface area is 101 Å². The molecule has 0 radical (unpaired) electrons. The van der Waals surface area contributed by atoms with E-state index in [9.17, 15) is 9.59 Å². The molecule has 4 heteroatoms. The Hall–Kier alpha value is -1.84. The highest BCUT2D eigenvalue weighted by Gasteiger charge is 2.35. The zero-order valence-electron chi connectivity index (χ0n) is 10.0. The highest BCUT2D eigenvalue weighted by molar-refractivity contribution is 5.96. The van der Waals surface area contributed by atoms with E-state index in [1.807, 2.05) is 30.3 Å². The molecule has 0 aromatic heterocycles. The second kappa shape index (κ2) is 4.57. The molecule has 1 heterocycles. The summed E-state index contributed by atoms with van der Waals surface area (Å²) in [5.74, 6) is -0.117. The summed E-state index contributed by atoms with van der Waals surface area (Å²) in [7, 11) is 1.69. The van der Waals surface area contributed by atoms with E-state index >= 15 is 0 Å². The van der Waals surface area contributed by atoms with Crippen molar-refractivity contribution in [3.63, 3.8) is 0 Å². The smallest absolute Gasteiger partial charge is 0.245 e. The molecule has 2 unspecified atom stereocenters. The Bertz CT molecular complexity index is 430. The van der Waals surface area contributed by atoms with Gasteiger partial charge < -0.3 is 10.2 Å². The van der Waals surface area contributed by atoms with Crippen molar-refractivity contribution in [2.45, 2.75) is 25.4 Å². The second-order valence-electron chi connectivity index (χ2n) is 4.38. The van der Waals surface area contributed by atoms with Gasteiger partial charge in [-0.05, 0) is 12.5 Å². The van der Waals surface area contributed by atoms with Crippen LogP contribution in [-0.4, -0.2) is 35.8 Å². The second-order valence-corrected chi connectivity index (χ2v) is 4.38. The van der Waals surface area contributed by atoms with Crippen LogP contribution in [0.1, 0.15) is 12.5 Å². The van der Waals surface area contributed by atoms with Crippen molar-refractivity contribution in [3.8, 4) is 0 Å². The van der Waals surface area contributed by atoms with Gasteiger partial charge in [0.1, 0.15) is 12.1 Å². The molecule has 1 saturated heterocycles. The van der Waals surface area contributed by atoms with Gasteiger partial charge in [-0.2, -0.15) is 0 Å². The number of hydrogen-bond acceptors (Lipinski definition) is 2. The van der Waals surface area contributed by atoms with E-state index in [-0.39, 0.29) is 11.8 Å². The molecule has 1 fully saturated rings. The van der Waals surface area contributed by atoms with Crippen LogP contribution < -0.4 is 5.32 Å². The van der Waals surface area contributed by atoms with Crippen LogP contribution in [0.5, 0.6) is 0 Å². The molecule has 90 valence electrons. The van der Waals surface area contributed by atoms with Crippen LogP contribution >= 0.6 is 0 Å². The third-order valence-electron chi connectivity index (χ3n) is 3.12. The zero-order chi connectivity index (χ0) is 12.4. The molecule has 0 spiro atoms. The molecule has 1 aliphatic rings. The summed E-state index contributed by atoms with van der Waals surface area (Å²) in [6, 6.07) is 8.90. The van der Waals surface area contributed by atoms with Gasteiger partial charge in [-0.3, -0.25) is 9.59 Å². The highest BCUT2D eigenvalue weighted by Crippen LogP contribution is 2.13. The number of carbonyl (C=O) groups is 2. The Morgan fingerprint density at radius 1 is 1.24 bits per heavy atom. The summed E-state index contributed by atoms with van der Waals surface area (Å²) < 4.78 is 0. The minimum Gasteiger partial charge on any atom is -0.343 e. The molecule has 4 nitrogen and oxygen atoms in total. The predicted molar refractivity (Wildman–Crippen MR) is 64.3 cm³/mol. The van der Waals surface area contributed by atoms with Crippen molar-refractivity contribution < 1.29 is 9.59 Å². The molecular weight excluding hydrogens is 216 g/mol. The van der Waals surface area contributed by atoms with Gasteiger partial charge in [0.25, 0.3) is 0 Å². The van der Waals surface area contributed by atoms with E-state index < -0.39 is 12.1 Å². The maximum absolute atomic E-state index is 11.9. The average Bonchev–Trinajstić information content (AvgIpc) is 2.33. The van der Waals surface area contributed by atoms with Crippen molar-refractivity contribution >= 4 is 11.8 Å². The number of carbonyl (C=O) groups excluding carboxylic acids is 2. The number of rotatable bonds is 2. The normalized spacial score (nSPS) is 24.7. The summed E-state index contributed by atoms with van der Waals surface area (Å²) in [5, 5.41) is 2.70. The van der Waals surface area contributed by atoms with E-state index in [1.54, 1.807) is 14.0 Å². The Morgan fingerprint density at radius 2 is 1.88 bits per heavy atom. The lowest BCUT2D eigenvalue weighted by atomic mass is 10.0. The van der Waals surface area contributed by atoms with E-state index in [1.165, 1.54) is 4.90 Å². The van der Waals surface area contributed by atoms with Gasteiger partial charge in [0, 0.05) is 13.5 Å². The van der Waals surface area contributed by atoms with Crippen molar-refractivity contribution in [2.75, 3.05) is 7.05 Å². The first-order valence-electron chi connectivity index (χ1n) is 5.70. The number of likely N-dealkylation sites (N-methyl/N-ethyl adjacent to an activating group) is 1. The number of piperazine rings is 1. The molecule has 1 aromatic rings. The van der Waals surface area contributed by atoms with E-state index in [2.05, 4.69) is 5.32 Å². The summed E-state index contributed by atoms with van der Waals surface area (Å²) in [5.41, 5.74) is 1.06. The van der Waals surface area contributed by atoms with E-state index in [4.69, 9.17) is 0 Å². The van der Waals surface area contributed by atoms with Crippen LogP contribution in [-0.2, 0) is 16.0 Å². The van der Waals surface area contributed by atoms with Gasteiger partial charge in [-0.15, -0.1) is 0 Å². The summed E-state index contributed by atoms with van der Waals surface area (Å²) in [4.78, 5) is 25.2. The van der Waals surface area contributed by atoms with Gasteiger partial charge in [-0.25, -0.2) is 0 Å². The molecule has 0 bridgehead atoms. The molecule has 1 N–H and O–H groups in total. The molecule has 1 aromatic carbocycles. The zero-order valence-corrected chi connectivity index (χ0v) is 10.0. The fourth-order valence-corrected chi connectivity index (χ4v) is 2.07. The summed E-state index contributed by atoms with van der Waals surface area (Å²) in [6.45, 7) is 1.70. The SMILES string of the molecule is CC1NC(=O)C(Cc2ccccc2)N(C)C1=O. The quantitative estimate of drug-likeness (QED) is 0.810. The lowest BCUT2D eigenvalue weighted by Crippen LogP contribution is -2.61. The topological polar surface area (TPSA) is 49.4 Å². The van der Waals surface area contributed by atoms with Crippen LogP contribution in [0.15, 0.2) is 30.3 Å². The van der Waals surface area contributed by atoms with Crippen LogP contribution in [0.2, 0.25) is 0 Å². The molecule has 2 atom stereocenters. The molecule has 1 aliphatic heterocycles. The first-order chi connectivity index (χ1) is 8.09. The number of nitrogens with zero attached hydrogens (tertiary/aromatic N) is 1. The van der Waals surface area contributed by atoms with Crippen LogP contribution in [0.25, 0.3) is 0 Å². The van der Waals surface area contributed by atoms with Crippen molar-refractivity contribution in [1.82, 2.24) is 10.2 Å². The third kappa shape index (κ3) is 2.30. The Kier molecular flexibility index (Phi) is 3.13. The van der Waals surface area contributed by atoms with Gasteiger partial charge in [-0.1, -0.05) is 30.3 Å². The van der Waals surface area contributed by atoms with E-state index in [0.717, 1.165) is 5.56 Å². The molecule has 0 saturated carbocycles. The molecular formula is C13H16N2O2. The lowest BCUT2D eigenvalue weighted by molar-refractivity contribution is -0.147. The van der Waals surface area contributed by atoms with Crippen LogP contribution in [0.4, 0.5) is 0 Å². The van der Waals surface area contributed by atoms with Crippen molar-refractivity contribution in [3.05, 3.63) is 35.9 Å². The summed E-state index contributed by atoms with van der Waals surface area (Å²) >= 11 is 0. The number of nitrogens with one attached hydrogen (secondary N) is 1. The molecule has 17 heavy (non-hydrogen) atoms. The number of benzene rings is 1. The number of hydrogen-bond donors (Lipinski definition) is 1. The third-order valence-corrected chi connectivity index (χ3v) is 3.12. The molecule has 2 rings (SSSR count). The van der Waals surface area contributed by atoms with Crippen molar-refractivity contribution in [1.29, 1.82) is 0 Å². The van der Waals surface area contributed by atoms with Gasteiger partial charge >= 0.3 is 0 Å². The van der Waals surface area contributed by atoms with E-state index in [0.29, 0.717) is 6.42 Å². The minimum absolute atomic E-state index is 0.0365. The fourth-order valence-electron chi connectivity index (χ4n) is 2.07. The minimum atomic E-state index is -0.417. The van der Waals surface area contributed by atoms with Crippen molar-refractivity contribution in [2.24, 2.45) is 0 Å². The Morgan fingerprint density at radius 3 is 2.53 bits per heavy atom.